The van der Waals surface area contributed by atoms with E-state index in [4.69, 9.17) is 4.42 Å². The van der Waals surface area contributed by atoms with Crippen molar-refractivity contribution in [1.82, 2.24) is 4.57 Å². The van der Waals surface area contributed by atoms with Crippen molar-refractivity contribution in [3.8, 4) is 0 Å². The SMILES string of the molecule is O=c1oc2c(c(Sc3ccccc3)c1Br)c(=O)n(Cc1ccccc1)c1ccccc21. The van der Waals surface area contributed by atoms with Gasteiger partial charge in [-0.1, -0.05) is 72.4 Å². The summed E-state index contributed by atoms with van der Waals surface area (Å²) < 4.78 is 7.64. The lowest BCUT2D eigenvalue weighted by Crippen LogP contribution is -2.23. The Hall–Kier alpha value is -3.09. The fourth-order valence-corrected chi connectivity index (χ4v) is 5.15. The summed E-state index contributed by atoms with van der Waals surface area (Å²) >= 11 is 4.75. The van der Waals surface area contributed by atoms with Gasteiger partial charge in [-0.2, -0.15) is 0 Å². The summed E-state index contributed by atoms with van der Waals surface area (Å²) in [6, 6.07) is 27.0. The van der Waals surface area contributed by atoms with Crippen LogP contribution in [0.1, 0.15) is 5.56 Å². The molecule has 152 valence electrons. The summed E-state index contributed by atoms with van der Waals surface area (Å²) in [6.07, 6.45) is 0. The molecule has 0 saturated heterocycles. The average Bonchev–Trinajstić information content (AvgIpc) is 2.81. The van der Waals surface area contributed by atoms with Crippen molar-refractivity contribution >= 4 is 49.6 Å². The number of halogens is 1. The van der Waals surface area contributed by atoms with E-state index >= 15 is 0 Å². The third-order valence-corrected chi connectivity index (χ3v) is 7.18. The van der Waals surface area contributed by atoms with Crippen molar-refractivity contribution in [3.05, 3.63) is 116 Å². The highest BCUT2D eigenvalue weighted by Gasteiger charge is 2.21. The number of nitrogens with zero attached hydrogens (tertiary/aromatic N) is 1. The average molecular weight is 490 g/mol. The summed E-state index contributed by atoms with van der Waals surface area (Å²) in [7, 11) is 0. The van der Waals surface area contributed by atoms with Crippen LogP contribution in [0.25, 0.3) is 21.9 Å². The highest BCUT2D eigenvalue weighted by atomic mass is 79.9. The Balaban J connectivity index is 1.86. The zero-order chi connectivity index (χ0) is 21.4. The zero-order valence-electron chi connectivity index (χ0n) is 16.2. The van der Waals surface area contributed by atoms with Gasteiger partial charge in [-0.25, -0.2) is 4.79 Å². The molecule has 0 saturated carbocycles. The molecule has 0 radical (unpaired) electrons. The predicted octanol–water partition coefficient (Wildman–Crippen LogP) is 6.07. The monoisotopic (exact) mass is 489 g/mol. The Morgan fingerprint density at radius 3 is 2.23 bits per heavy atom. The molecule has 6 heteroatoms. The highest BCUT2D eigenvalue weighted by molar-refractivity contribution is 9.10. The highest BCUT2D eigenvalue weighted by Crippen LogP contribution is 2.37. The second-order valence-corrected chi connectivity index (χ2v) is 8.92. The Labute approximate surface area is 190 Å². The molecule has 5 aromatic rings. The first-order chi connectivity index (χ1) is 15.1. The number of pyridine rings is 1. The lowest BCUT2D eigenvalue weighted by Gasteiger charge is -2.15. The van der Waals surface area contributed by atoms with Gasteiger partial charge >= 0.3 is 5.63 Å². The van der Waals surface area contributed by atoms with Crippen molar-refractivity contribution in [2.45, 2.75) is 16.3 Å². The van der Waals surface area contributed by atoms with Crippen molar-refractivity contribution in [2.24, 2.45) is 0 Å². The van der Waals surface area contributed by atoms with Crippen LogP contribution in [0.3, 0.4) is 0 Å². The number of hydrogen-bond acceptors (Lipinski definition) is 4. The lowest BCUT2D eigenvalue weighted by atomic mass is 10.1. The molecule has 0 aliphatic heterocycles. The smallest absolute Gasteiger partial charge is 0.351 e. The number of fused-ring (bicyclic) bond motifs is 3. The van der Waals surface area contributed by atoms with Gasteiger partial charge in [0.15, 0.2) is 5.58 Å². The second kappa shape index (κ2) is 8.21. The molecule has 0 unspecified atom stereocenters. The molecule has 0 bridgehead atoms. The summed E-state index contributed by atoms with van der Waals surface area (Å²) in [5.41, 5.74) is 1.36. The van der Waals surface area contributed by atoms with Crippen molar-refractivity contribution in [2.75, 3.05) is 0 Å². The molecule has 0 atom stereocenters. The van der Waals surface area contributed by atoms with Gasteiger partial charge in [0.25, 0.3) is 5.56 Å². The molecule has 2 heterocycles. The molecule has 3 aromatic carbocycles. The minimum atomic E-state index is -0.503. The number of hydrogen-bond donors (Lipinski definition) is 0. The molecule has 0 spiro atoms. The van der Waals surface area contributed by atoms with Gasteiger partial charge in [0.2, 0.25) is 0 Å². The Morgan fingerprint density at radius 1 is 0.839 bits per heavy atom. The summed E-state index contributed by atoms with van der Waals surface area (Å²) in [5, 5.41) is 1.13. The van der Waals surface area contributed by atoms with Crippen LogP contribution >= 0.6 is 27.7 Å². The standard InChI is InChI=1S/C25H16BrNO3S/c26-21-23(31-17-11-5-2-6-12-17)20-22(30-25(21)29)18-13-7-8-14-19(18)27(24(20)28)15-16-9-3-1-4-10-16/h1-14H,15H2. The quantitative estimate of drug-likeness (QED) is 0.287. The van der Waals surface area contributed by atoms with E-state index in [1.807, 2.05) is 84.9 Å². The number of benzene rings is 3. The van der Waals surface area contributed by atoms with Crippen LogP contribution in [0.4, 0.5) is 0 Å². The Kier molecular flexibility index (Phi) is 5.26. The van der Waals surface area contributed by atoms with Gasteiger partial charge in [0, 0.05) is 10.3 Å². The maximum absolute atomic E-state index is 13.8. The van der Waals surface area contributed by atoms with Crippen molar-refractivity contribution in [1.29, 1.82) is 0 Å². The van der Waals surface area contributed by atoms with E-state index in [1.165, 1.54) is 11.8 Å². The van der Waals surface area contributed by atoms with Crippen LogP contribution < -0.4 is 11.2 Å². The van der Waals surface area contributed by atoms with Crippen LogP contribution in [-0.4, -0.2) is 4.57 Å². The molecule has 0 aliphatic carbocycles. The Bertz CT molecular complexity index is 1530. The van der Waals surface area contributed by atoms with Gasteiger partial charge in [-0.05, 0) is 45.8 Å². The Morgan fingerprint density at radius 2 is 1.48 bits per heavy atom. The maximum Gasteiger partial charge on any atom is 0.351 e. The first-order valence-corrected chi connectivity index (χ1v) is 11.3. The van der Waals surface area contributed by atoms with Crippen LogP contribution in [0.2, 0.25) is 0 Å². The van der Waals surface area contributed by atoms with Crippen molar-refractivity contribution in [3.63, 3.8) is 0 Å². The maximum atomic E-state index is 13.8. The van der Waals surface area contributed by atoms with Gasteiger partial charge in [0.05, 0.1) is 22.3 Å². The van der Waals surface area contributed by atoms with E-state index < -0.39 is 5.63 Å². The number of para-hydroxylation sites is 1. The normalized spacial score (nSPS) is 11.3. The molecule has 5 rings (SSSR count). The third kappa shape index (κ3) is 3.62. The van der Waals surface area contributed by atoms with Gasteiger partial charge < -0.3 is 8.98 Å². The van der Waals surface area contributed by atoms with Crippen LogP contribution in [-0.2, 0) is 6.54 Å². The minimum absolute atomic E-state index is 0.194. The van der Waals surface area contributed by atoms with Gasteiger partial charge in [0.1, 0.15) is 4.47 Å². The lowest BCUT2D eigenvalue weighted by molar-refractivity contribution is 0.553. The molecule has 31 heavy (non-hydrogen) atoms. The van der Waals surface area contributed by atoms with E-state index in [-0.39, 0.29) is 10.0 Å². The molecule has 0 N–H and O–H groups in total. The summed E-state index contributed by atoms with van der Waals surface area (Å²) in [5.74, 6) is 0. The van der Waals surface area contributed by atoms with Crippen LogP contribution in [0.5, 0.6) is 0 Å². The first-order valence-electron chi connectivity index (χ1n) is 9.68. The predicted molar refractivity (Wildman–Crippen MR) is 128 cm³/mol. The van der Waals surface area contributed by atoms with Crippen LogP contribution in [0.15, 0.2) is 113 Å². The van der Waals surface area contributed by atoms with Gasteiger partial charge in [-0.15, -0.1) is 0 Å². The van der Waals surface area contributed by atoms with E-state index in [0.717, 1.165) is 21.4 Å². The van der Waals surface area contributed by atoms with Gasteiger partial charge in [-0.3, -0.25) is 4.79 Å². The third-order valence-electron chi connectivity index (χ3n) is 5.07. The molecule has 0 aliphatic rings. The first kappa shape index (κ1) is 19.8. The summed E-state index contributed by atoms with van der Waals surface area (Å²) in [4.78, 5) is 27.9. The fraction of sp³-hybridized carbons (Fsp3) is 0.0400. The molecule has 2 aromatic heterocycles. The molecule has 4 nitrogen and oxygen atoms in total. The number of rotatable bonds is 4. The van der Waals surface area contributed by atoms with E-state index in [2.05, 4.69) is 15.9 Å². The molecular formula is C25H16BrNO3S. The topological polar surface area (TPSA) is 52.2 Å². The molecule has 0 amide bonds. The minimum Gasteiger partial charge on any atom is -0.421 e. The largest absolute Gasteiger partial charge is 0.421 e. The summed E-state index contributed by atoms with van der Waals surface area (Å²) in [6.45, 7) is 0.419. The van der Waals surface area contributed by atoms with Crippen LogP contribution in [0, 0.1) is 0 Å². The van der Waals surface area contributed by atoms with E-state index in [0.29, 0.717) is 22.4 Å². The van der Waals surface area contributed by atoms with Crippen molar-refractivity contribution < 1.29 is 4.42 Å². The zero-order valence-corrected chi connectivity index (χ0v) is 18.7. The second-order valence-electron chi connectivity index (χ2n) is 7.05. The molecular weight excluding hydrogens is 474 g/mol. The van der Waals surface area contributed by atoms with E-state index in [9.17, 15) is 9.59 Å². The number of aromatic nitrogens is 1. The fourth-order valence-electron chi connectivity index (χ4n) is 3.65. The van der Waals surface area contributed by atoms with E-state index in [1.54, 1.807) is 4.57 Å². The molecule has 0 fully saturated rings.